The van der Waals surface area contributed by atoms with Gasteiger partial charge in [0.05, 0.1) is 0 Å². The number of hydrogen-bond acceptors (Lipinski definition) is 4. The monoisotopic (exact) mass is 345 g/mol. The van der Waals surface area contributed by atoms with Crippen LogP contribution < -0.4 is 10.2 Å². The molecule has 0 amide bonds. The van der Waals surface area contributed by atoms with Crippen molar-refractivity contribution in [2.24, 2.45) is 5.92 Å². The van der Waals surface area contributed by atoms with Gasteiger partial charge in [-0.3, -0.25) is 0 Å². The molecule has 0 bridgehead atoms. The lowest BCUT2D eigenvalue weighted by Gasteiger charge is -2.33. The number of anilines is 1. The second-order valence-corrected chi connectivity index (χ2v) is 6.76. The zero-order chi connectivity index (χ0) is 16.8. The summed E-state index contributed by atoms with van der Waals surface area (Å²) in [7, 11) is 0. The highest BCUT2D eigenvalue weighted by Crippen LogP contribution is 2.23. The summed E-state index contributed by atoms with van der Waals surface area (Å²) in [4.78, 5) is 6.49. The first-order valence-corrected chi connectivity index (χ1v) is 8.88. The Balaban J connectivity index is 1.47. The van der Waals surface area contributed by atoms with Gasteiger partial charge in [0.25, 0.3) is 0 Å². The molecule has 1 fully saturated rings. The Bertz CT molecular complexity index is 622. The smallest absolute Gasteiger partial charge is 0.129 e. The van der Waals surface area contributed by atoms with E-state index in [2.05, 4.69) is 39.5 Å². The highest BCUT2D eigenvalue weighted by molar-refractivity contribution is 6.29. The minimum absolute atomic E-state index is 0.321. The number of aromatic nitrogens is 1. The van der Waals surface area contributed by atoms with Gasteiger partial charge in [-0.2, -0.15) is 0 Å². The zero-order valence-electron chi connectivity index (χ0n) is 13.8. The predicted octanol–water partition coefficient (Wildman–Crippen LogP) is 3.23. The predicted molar refractivity (Wildman–Crippen MR) is 98.3 cm³/mol. The van der Waals surface area contributed by atoms with Crippen molar-refractivity contribution < 1.29 is 5.11 Å². The van der Waals surface area contributed by atoms with E-state index in [-0.39, 0.29) is 0 Å². The molecule has 0 saturated carbocycles. The molecule has 5 heteroatoms. The number of rotatable bonds is 6. The Hall–Kier alpha value is -1.62. The summed E-state index contributed by atoms with van der Waals surface area (Å²) in [5, 5.41) is 13.2. The molecule has 1 aromatic carbocycles. The summed E-state index contributed by atoms with van der Waals surface area (Å²) in [6.45, 7) is 4.00. The van der Waals surface area contributed by atoms with Crippen LogP contribution in [0.2, 0.25) is 5.15 Å². The maximum atomic E-state index is 9.23. The minimum Gasteiger partial charge on any atom is -0.396 e. The Morgan fingerprint density at radius 1 is 1.04 bits per heavy atom. The first-order valence-electron chi connectivity index (χ1n) is 8.50. The maximum absolute atomic E-state index is 9.23. The highest BCUT2D eigenvalue weighted by atomic mass is 35.5. The van der Waals surface area contributed by atoms with Crippen LogP contribution in [0.25, 0.3) is 0 Å². The third-order valence-corrected chi connectivity index (χ3v) is 4.84. The van der Waals surface area contributed by atoms with E-state index in [4.69, 9.17) is 11.6 Å². The molecule has 1 saturated heterocycles. The molecule has 128 valence electrons. The SMILES string of the molecule is OCC1CCN(c2ccc(CNCc3ccc(Cl)nc3)cc2)CC1. The number of pyridine rings is 1. The molecule has 1 aromatic heterocycles. The number of hydrogen-bond donors (Lipinski definition) is 2. The molecule has 1 aliphatic heterocycles. The zero-order valence-corrected chi connectivity index (χ0v) is 14.5. The Kier molecular flexibility index (Phi) is 6.07. The average Bonchev–Trinajstić information content (AvgIpc) is 2.64. The van der Waals surface area contributed by atoms with Gasteiger partial charge in [-0.15, -0.1) is 0 Å². The van der Waals surface area contributed by atoms with E-state index in [0.717, 1.165) is 44.6 Å². The quantitative estimate of drug-likeness (QED) is 0.789. The highest BCUT2D eigenvalue weighted by Gasteiger charge is 2.18. The summed E-state index contributed by atoms with van der Waals surface area (Å²) >= 11 is 5.79. The molecule has 2 N–H and O–H groups in total. The molecule has 0 spiro atoms. The van der Waals surface area contributed by atoms with Crippen LogP contribution in [0.5, 0.6) is 0 Å². The van der Waals surface area contributed by atoms with Crippen LogP contribution in [0.1, 0.15) is 24.0 Å². The van der Waals surface area contributed by atoms with Gasteiger partial charge in [0, 0.05) is 44.7 Å². The fourth-order valence-electron chi connectivity index (χ4n) is 3.06. The number of piperidine rings is 1. The number of nitrogens with zero attached hydrogens (tertiary/aromatic N) is 2. The molecule has 0 aliphatic carbocycles. The third kappa shape index (κ3) is 4.69. The molecule has 0 unspecified atom stereocenters. The van der Waals surface area contributed by atoms with Crippen molar-refractivity contribution in [3.05, 3.63) is 58.9 Å². The van der Waals surface area contributed by atoms with Crippen molar-refractivity contribution in [2.75, 3.05) is 24.6 Å². The van der Waals surface area contributed by atoms with Crippen LogP contribution in [0.15, 0.2) is 42.6 Å². The van der Waals surface area contributed by atoms with E-state index in [1.54, 1.807) is 6.20 Å². The number of aliphatic hydroxyl groups excluding tert-OH is 1. The van der Waals surface area contributed by atoms with Crippen LogP contribution in [0.3, 0.4) is 0 Å². The number of nitrogens with one attached hydrogen (secondary N) is 1. The van der Waals surface area contributed by atoms with E-state index in [0.29, 0.717) is 17.7 Å². The van der Waals surface area contributed by atoms with Crippen LogP contribution in [-0.4, -0.2) is 29.8 Å². The van der Waals surface area contributed by atoms with Crippen LogP contribution in [0.4, 0.5) is 5.69 Å². The normalized spacial score (nSPS) is 15.7. The fourth-order valence-corrected chi connectivity index (χ4v) is 3.17. The van der Waals surface area contributed by atoms with Gasteiger partial charge in [-0.25, -0.2) is 4.98 Å². The third-order valence-electron chi connectivity index (χ3n) is 4.62. The van der Waals surface area contributed by atoms with Crippen LogP contribution in [-0.2, 0) is 13.1 Å². The van der Waals surface area contributed by atoms with Gasteiger partial charge in [0.1, 0.15) is 5.15 Å². The molecule has 4 nitrogen and oxygen atoms in total. The van der Waals surface area contributed by atoms with Gasteiger partial charge in [-0.1, -0.05) is 29.8 Å². The first-order chi connectivity index (χ1) is 11.7. The van der Waals surface area contributed by atoms with Crippen LogP contribution >= 0.6 is 11.6 Å². The van der Waals surface area contributed by atoms with E-state index in [1.807, 2.05) is 12.1 Å². The first kappa shape index (κ1) is 17.2. The van der Waals surface area contributed by atoms with E-state index in [1.165, 1.54) is 11.3 Å². The Morgan fingerprint density at radius 2 is 1.71 bits per heavy atom. The lowest BCUT2D eigenvalue weighted by atomic mass is 9.97. The molecule has 0 radical (unpaired) electrons. The van der Waals surface area contributed by atoms with E-state index >= 15 is 0 Å². The fraction of sp³-hybridized carbons (Fsp3) is 0.421. The maximum Gasteiger partial charge on any atom is 0.129 e. The molecular weight excluding hydrogens is 322 g/mol. The number of benzene rings is 1. The van der Waals surface area contributed by atoms with Crippen LogP contribution in [0, 0.1) is 5.92 Å². The minimum atomic E-state index is 0.321. The van der Waals surface area contributed by atoms with Crippen molar-refractivity contribution in [1.29, 1.82) is 0 Å². The van der Waals surface area contributed by atoms with Crippen molar-refractivity contribution in [2.45, 2.75) is 25.9 Å². The van der Waals surface area contributed by atoms with Gasteiger partial charge in [0.15, 0.2) is 0 Å². The van der Waals surface area contributed by atoms with E-state index in [9.17, 15) is 5.11 Å². The summed E-state index contributed by atoms with van der Waals surface area (Å²) in [6.07, 6.45) is 3.96. The van der Waals surface area contributed by atoms with Gasteiger partial charge in [-0.05, 0) is 48.1 Å². The summed E-state index contributed by atoms with van der Waals surface area (Å²) in [6, 6.07) is 12.6. The van der Waals surface area contributed by atoms with Crippen molar-refractivity contribution in [1.82, 2.24) is 10.3 Å². The summed E-state index contributed by atoms with van der Waals surface area (Å²) in [5.74, 6) is 0.479. The number of halogens is 1. The standard InChI is InChI=1S/C19H24ClN3O/c20-19-6-3-17(13-22-19)12-21-11-15-1-4-18(5-2-15)23-9-7-16(14-24)8-10-23/h1-6,13,16,21,24H,7-12,14H2. The Labute approximate surface area is 148 Å². The Morgan fingerprint density at radius 3 is 2.33 bits per heavy atom. The summed E-state index contributed by atoms with van der Waals surface area (Å²) in [5.41, 5.74) is 3.67. The second kappa shape index (κ2) is 8.47. The largest absolute Gasteiger partial charge is 0.396 e. The molecule has 0 atom stereocenters. The molecule has 2 heterocycles. The van der Waals surface area contributed by atoms with E-state index < -0.39 is 0 Å². The van der Waals surface area contributed by atoms with Crippen molar-refractivity contribution in [3.8, 4) is 0 Å². The molecule has 24 heavy (non-hydrogen) atoms. The molecule has 2 aromatic rings. The molecular formula is C19H24ClN3O. The van der Waals surface area contributed by atoms with Gasteiger partial charge in [0.2, 0.25) is 0 Å². The molecule has 1 aliphatic rings. The lowest BCUT2D eigenvalue weighted by Crippen LogP contribution is -2.34. The van der Waals surface area contributed by atoms with Crippen molar-refractivity contribution in [3.63, 3.8) is 0 Å². The van der Waals surface area contributed by atoms with Crippen molar-refractivity contribution >= 4 is 17.3 Å². The average molecular weight is 346 g/mol. The van der Waals surface area contributed by atoms with Gasteiger partial charge < -0.3 is 15.3 Å². The topological polar surface area (TPSA) is 48.4 Å². The molecule has 3 rings (SSSR count). The van der Waals surface area contributed by atoms with Gasteiger partial charge >= 0.3 is 0 Å². The summed E-state index contributed by atoms with van der Waals surface area (Å²) < 4.78 is 0. The second-order valence-electron chi connectivity index (χ2n) is 6.37. The lowest BCUT2D eigenvalue weighted by molar-refractivity contribution is 0.203. The number of aliphatic hydroxyl groups is 1.